The smallest absolute Gasteiger partial charge is 0.307 e. The van der Waals surface area contributed by atoms with Gasteiger partial charge in [-0.05, 0) is 62.8 Å². The lowest BCUT2D eigenvalue weighted by atomic mass is 9.99. The molecule has 1 fully saturated rings. The topological polar surface area (TPSA) is 139 Å². The van der Waals surface area contributed by atoms with Gasteiger partial charge >= 0.3 is 5.97 Å². The number of fused-ring (bicyclic) bond motifs is 1. The second-order valence-electron chi connectivity index (χ2n) is 9.43. The molecule has 5 rings (SSSR count). The highest BCUT2D eigenvalue weighted by Crippen LogP contribution is 2.24. The summed E-state index contributed by atoms with van der Waals surface area (Å²) in [7, 11) is 1.97. The number of nitrogens with one attached hydrogen (secondary N) is 1. The van der Waals surface area contributed by atoms with Crippen molar-refractivity contribution in [3.05, 3.63) is 95.3 Å². The van der Waals surface area contributed by atoms with Gasteiger partial charge in [0.05, 0.1) is 22.7 Å². The number of pyridine rings is 2. The van der Waals surface area contributed by atoms with Crippen LogP contribution in [0.2, 0.25) is 0 Å². The maximum atomic E-state index is 12.2. The number of halogens is 1. The zero-order chi connectivity index (χ0) is 30.5. The Kier molecular flexibility index (Phi) is 12.1. The molecule has 4 N–H and O–H groups in total. The van der Waals surface area contributed by atoms with Crippen LogP contribution in [-0.2, 0) is 4.79 Å². The average molecular weight is 586 g/mol. The minimum atomic E-state index is -0.647. The molecule has 9 nitrogen and oxygen atoms in total. The first-order valence-electron chi connectivity index (χ1n) is 13.1. The molecular formula is C32H32ClN5O4. The molecule has 4 aromatic rings. The number of aldehydes is 1. The number of aromatic nitrogens is 2. The second-order valence-corrected chi connectivity index (χ2v) is 9.43. The van der Waals surface area contributed by atoms with Crippen molar-refractivity contribution < 1.29 is 19.5 Å². The van der Waals surface area contributed by atoms with Gasteiger partial charge in [0.1, 0.15) is 6.29 Å². The van der Waals surface area contributed by atoms with Gasteiger partial charge in [0, 0.05) is 53.0 Å². The molecule has 2 aromatic heterocycles. The van der Waals surface area contributed by atoms with Crippen LogP contribution in [-0.4, -0.2) is 64.7 Å². The Labute approximate surface area is 249 Å². The number of likely N-dealkylation sites (tertiary alicyclic amines) is 1. The number of rotatable bonds is 4. The van der Waals surface area contributed by atoms with Crippen LogP contribution in [0.5, 0.6) is 0 Å². The van der Waals surface area contributed by atoms with Crippen LogP contribution in [0.3, 0.4) is 0 Å². The van der Waals surface area contributed by atoms with Crippen LogP contribution in [0.4, 0.5) is 0 Å². The summed E-state index contributed by atoms with van der Waals surface area (Å²) in [5.41, 5.74) is 7.01. The van der Waals surface area contributed by atoms with Crippen molar-refractivity contribution in [2.24, 2.45) is 11.8 Å². The van der Waals surface area contributed by atoms with Gasteiger partial charge in [-0.2, -0.15) is 0 Å². The first kappa shape index (κ1) is 31.9. The number of carboxylic acids is 1. The van der Waals surface area contributed by atoms with E-state index in [1.807, 2.05) is 43.4 Å². The first-order valence-corrected chi connectivity index (χ1v) is 13.9. The maximum Gasteiger partial charge on any atom is 0.307 e. The molecule has 0 aliphatic carbocycles. The van der Waals surface area contributed by atoms with E-state index in [1.165, 1.54) is 6.38 Å². The molecular weight excluding hydrogens is 554 g/mol. The van der Waals surface area contributed by atoms with E-state index in [1.54, 1.807) is 36.7 Å². The van der Waals surface area contributed by atoms with Crippen molar-refractivity contribution in [3.8, 4) is 23.1 Å². The number of hydrazine groups is 1. The van der Waals surface area contributed by atoms with E-state index in [0.717, 1.165) is 48.9 Å². The fourth-order valence-corrected chi connectivity index (χ4v) is 4.36. The van der Waals surface area contributed by atoms with Gasteiger partial charge in [0.15, 0.2) is 0 Å². The number of nitrogens with two attached hydrogens (primary N) is 1. The number of carbonyl (C=O) groups is 3. The van der Waals surface area contributed by atoms with Gasteiger partial charge < -0.3 is 10.0 Å². The molecule has 10 heteroatoms. The first-order chi connectivity index (χ1) is 20.4. The van der Waals surface area contributed by atoms with Crippen LogP contribution in [0.25, 0.3) is 22.2 Å². The third-order valence-electron chi connectivity index (χ3n) is 6.54. The fraction of sp³-hybridized carbons (Fsp3) is 0.219. The summed E-state index contributed by atoms with van der Waals surface area (Å²) in [6.07, 6.45) is 7.36. The number of nitrogen functional groups attached to an aromatic ring is 1. The van der Waals surface area contributed by atoms with E-state index in [0.29, 0.717) is 27.7 Å². The number of benzene rings is 2. The molecule has 1 amide bonds. The van der Waals surface area contributed by atoms with Crippen LogP contribution in [0.15, 0.2) is 73.1 Å². The van der Waals surface area contributed by atoms with Crippen molar-refractivity contribution in [2.45, 2.75) is 12.8 Å². The number of carbonyl (C=O) groups excluding carboxylic acids is 2. The minimum Gasteiger partial charge on any atom is -0.481 e. The number of hydrogen-bond acceptors (Lipinski definition) is 7. The van der Waals surface area contributed by atoms with Crippen molar-refractivity contribution >= 4 is 40.7 Å². The van der Waals surface area contributed by atoms with Crippen LogP contribution in [0, 0.1) is 17.8 Å². The normalized spacial score (nSPS) is 14.1. The van der Waals surface area contributed by atoms with Gasteiger partial charge in [-0.25, -0.2) is 10.8 Å². The number of alkyl halides is 1. The lowest BCUT2D eigenvalue weighted by Crippen LogP contribution is -2.35. The molecule has 1 atom stereocenters. The van der Waals surface area contributed by atoms with Gasteiger partial charge in [-0.1, -0.05) is 36.1 Å². The molecule has 3 heterocycles. The van der Waals surface area contributed by atoms with Gasteiger partial charge in [0.25, 0.3) is 5.91 Å². The molecule has 0 spiro atoms. The predicted molar refractivity (Wildman–Crippen MR) is 164 cm³/mol. The molecule has 42 heavy (non-hydrogen) atoms. The van der Waals surface area contributed by atoms with E-state index in [2.05, 4.69) is 43.7 Å². The zero-order valence-electron chi connectivity index (χ0n) is 23.4. The Morgan fingerprint density at radius 1 is 1.07 bits per heavy atom. The quantitative estimate of drug-likeness (QED) is 0.0801. The van der Waals surface area contributed by atoms with E-state index < -0.39 is 11.9 Å². The van der Waals surface area contributed by atoms with Crippen LogP contribution >= 0.6 is 11.6 Å². The van der Waals surface area contributed by atoms with Crippen LogP contribution in [0.1, 0.15) is 44.7 Å². The maximum absolute atomic E-state index is 12.2. The second kappa shape index (κ2) is 16.0. The number of aliphatic carboxylic acids is 1. The monoisotopic (exact) mass is 585 g/mol. The number of nitrogens with zero attached hydrogens (tertiary/aromatic N) is 3. The summed E-state index contributed by atoms with van der Waals surface area (Å²) in [5.74, 6) is 10.3. The Balaban J connectivity index is 0.000000340. The summed E-state index contributed by atoms with van der Waals surface area (Å²) in [6.45, 7) is 1.76. The van der Waals surface area contributed by atoms with Gasteiger partial charge in [0.2, 0.25) is 0 Å². The lowest BCUT2D eigenvalue weighted by Gasteiger charge is -2.26. The number of carboxylic acid groups (broad SMARTS) is 1. The highest BCUT2D eigenvalue weighted by molar-refractivity contribution is 6.15. The highest BCUT2D eigenvalue weighted by atomic mass is 35.5. The van der Waals surface area contributed by atoms with Crippen LogP contribution < -0.4 is 11.3 Å². The highest BCUT2D eigenvalue weighted by Gasteiger charge is 2.22. The third-order valence-corrected chi connectivity index (χ3v) is 6.54. The third kappa shape index (κ3) is 8.69. The summed E-state index contributed by atoms with van der Waals surface area (Å²) in [5, 5.41) is 9.26. The van der Waals surface area contributed by atoms with Crippen molar-refractivity contribution in [2.75, 3.05) is 26.5 Å². The number of hydrogen-bond donors (Lipinski definition) is 3. The van der Waals surface area contributed by atoms with E-state index >= 15 is 0 Å². The summed E-state index contributed by atoms with van der Waals surface area (Å²) in [4.78, 5) is 44.2. The number of piperidine rings is 1. The minimum absolute atomic E-state index is 0.126. The largest absolute Gasteiger partial charge is 0.481 e. The van der Waals surface area contributed by atoms with Crippen molar-refractivity contribution in [3.63, 3.8) is 0 Å². The van der Waals surface area contributed by atoms with Crippen molar-refractivity contribution in [1.29, 1.82) is 0 Å². The summed E-state index contributed by atoms with van der Waals surface area (Å²) < 4.78 is 0. The molecule has 216 valence electrons. The van der Waals surface area contributed by atoms with E-state index in [4.69, 9.17) is 10.9 Å². The van der Waals surface area contributed by atoms with Gasteiger partial charge in [-0.3, -0.25) is 24.8 Å². The molecule has 0 saturated carbocycles. The standard InChI is InChI=1S/C24H16N4O2.C7H13NO2.CH3Cl/c25-28-24(30)20-13-23(27-22-11-12-26-14-21(20)22)19-9-7-17(8-10-19)2-1-16-3-5-18(15-29)6-4-16;1-8-4-2-3-6(5-8)7(9)10;1-2/h3-15H,25H2,(H,28,30);6H,2-5H2,1H3,(H,9,10);1H3. The molecule has 1 saturated heterocycles. The molecule has 1 unspecified atom stereocenters. The number of amides is 1. The molecule has 1 aliphatic heterocycles. The van der Waals surface area contributed by atoms with Gasteiger partial charge in [-0.15, -0.1) is 11.6 Å². The molecule has 1 aliphatic rings. The van der Waals surface area contributed by atoms with Crippen molar-refractivity contribution in [1.82, 2.24) is 20.3 Å². The molecule has 0 bridgehead atoms. The van der Waals surface area contributed by atoms with E-state index in [-0.39, 0.29) is 5.92 Å². The fourth-order valence-electron chi connectivity index (χ4n) is 4.36. The Bertz CT molecular complexity index is 1580. The molecule has 2 aromatic carbocycles. The Morgan fingerprint density at radius 2 is 1.71 bits per heavy atom. The van der Waals surface area contributed by atoms with E-state index in [9.17, 15) is 14.4 Å². The SMILES string of the molecule is CCl.CN1CCCC(C(=O)O)C1.NNC(=O)c1cc(-c2ccc(C#Cc3ccc(C=O)cc3)cc2)nc2ccncc12. The predicted octanol–water partition coefficient (Wildman–Crippen LogP) is 4.38. The Morgan fingerprint density at radius 3 is 2.26 bits per heavy atom. The zero-order valence-corrected chi connectivity index (χ0v) is 24.1. The summed E-state index contributed by atoms with van der Waals surface area (Å²) in [6, 6.07) is 18.1. The Hall–Kier alpha value is -4.62. The lowest BCUT2D eigenvalue weighted by molar-refractivity contribution is -0.143. The molecule has 0 radical (unpaired) electrons. The average Bonchev–Trinajstić information content (AvgIpc) is 3.04. The summed E-state index contributed by atoms with van der Waals surface area (Å²) >= 11 is 4.64.